The first-order valence-corrected chi connectivity index (χ1v) is 10.7. The first-order chi connectivity index (χ1) is 14.4. The average molecular weight is 436 g/mol. The lowest BCUT2D eigenvalue weighted by Gasteiger charge is -2.27. The van der Waals surface area contributed by atoms with E-state index in [1.54, 1.807) is 17.0 Å². The standard InChI is InChI=1S/C20H24N2O7S/c1-26-17-7-5-15(13-16(17)20(23)22-8-10-29-11-9-22)30(24,25)21-14-4-6-18(27-2)19(12-14)28-3/h4-7,12-13,21H,8-11H2,1-3H3. The highest BCUT2D eigenvalue weighted by atomic mass is 32.2. The van der Waals surface area contributed by atoms with Gasteiger partial charge in [0.25, 0.3) is 15.9 Å². The third kappa shape index (κ3) is 4.60. The largest absolute Gasteiger partial charge is 0.496 e. The Bertz CT molecular complexity index is 1020. The van der Waals surface area contributed by atoms with Crippen LogP contribution in [0.1, 0.15) is 10.4 Å². The molecule has 0 atom stereocenters. The molecule has 1 amide bonds. The summed E-state index contributed by atoms with van der Waals surface area (Å²) in [7, 11) is 0.419. The zero-order valence-corrected chi connectivity index (χ0v) is 17.8. The second-order valence-corrected chi connectivity index (χ2v) is 8.12. The minimum absolute atomic E-state index is 0.0605. The Morgan fingerprint density at radius 2 is 1.57 bits per heavy atom. The van der Waals surface area contributed by atoms with Crippen LogP contribution in [0.2, 0.25) is 0 Å². The van der Waals surface area contributed by atoms with Gasteiger partial charge in [0.05, 0.1) is 50.7 Å². The predicted molar refractivity (Wildman–Crippen MR) is 110 cm³/mol. The van der Waals surface area contributed by atoms with Gasteiger partial charge in [-0.3, -0.25) is 9.52 Å². The minimum atomic E-state index is -3.97. The molecule has 0 saturated carbocycles. The van der Waals surface area contributed by atoms with E-state index < -0.39 is 10.0 Å². The number of morpholine rings is 1. The van der Waals surface area contributed by atoms with Gasteiger partial charge in [-0.25, -0.2) is 8.42 Å². The number of sulfonamides is 1. The van der Waals surface area contributed by atoms with Crippen molar-refractivity contribution in [3.63, 3.8) is 0 Å². The van der Waals surface area contributed by atoms with Crippen LogP contribution < -0.4 is 18.9 Å². The van der Waals surface area contributed by atoms with Crippen molar-refractivity contribution >= 4 is 21.6 Å². The van der Waals surface area contributed by atoms with Gasteiger partial charge in [-0.05, 0) is 30.3 Å². The summed E-state index contributed by atoms with van der Waals surface area (Å²) in [5, 5.41) is 0. The van der Waals surface area contributed by atoms with E-state index in [0.29, 0.717) is 49.2 Å². The molecule has 0 unspecified atom stereocenters. The molecule has 1 saturated heterocycles. The van der Waals surface area contributed by atoms with Crippen LogP contribution in [0.15, 0.2) is 41.3 Å². The molecular formula is C20H24N2O7S. The van der Waals surface area contributed by atoms with E-state index in [1.165, 1.54) is 45.6 Å². The smallest absolute Gasteiger partial charge is 0.261 e. The van der Waals surface area contributed by atoms with Crippen molar-refractivity contribution in [1.82, 2.24) is 4.90 Å². The molecule has 2 aromatic carbocycles. The lowest BCUT2D eigenvalue weighted by atomic mass is 10.1. The van der Waals surface area contributed by atoms with E-state index in [2.05, 4.69) is 4.72 Å². The quantitative estimate of drug-likeness (QED) is 0.708. The molecule has 1 fully saturated rings. The number of methoxy groups -OCH3 is 3. The number of anilines is 1. The number of carbonyl (C=O) groups is 1. The average Bonchev–Trinajstić information content (AvgIpc) is 2.78. The molecule has 162 valence electrons. The number of amides is 1. The number of nitrogens with one attached hydrogen (secondary N) is 1. The fourth-order valence-electron chi connectivity index (χ4n) is 3.07. The third-order valence-corrected chi connectivity index (χ3v) is 6.02. The number of hydrogen-bond acceptors (Lipinski definition) is 7. The lowest BCUT2D eigenvalue weighted by Crippen LogP contribution is -2.40. The summed E-state index contributed by atoms with van der Waals surface area (Å²) in [6, 6.07) is 8.84. The van der Waals surface area contributed by atoms with Crippen molar-refractivity contribution in [2.24, 2.45) is 0 Å². The maximum atomic E-state index is 12.9. The second-order valence-electron chi connectivity index (χ2n) is 6.44. The summed E-state index contributed by atoms with van der Waals surface area (Å²) >= 11 is 0. The van der Waals surface area contributed by atoms with Gasteiger partial charge in [-0.1, -0.05) is 0 Å². The monoisotopic (exact) mass is 436 g/mol. The highest BCUT2D eigenvalue weighted by molar-refractivity contribution is 7.92. The molecule has 1 aliphatic heterocycles. The van der Waals surface area contributed by atoms with Crippen molar-refractivity contribution in [2.75, 3.05) is 52.4 Å². The number of nitrogens with zero attached hydrogens (tertiary/aromatic N) is 1. The molecule has 0 spiro atoms. The van der Waals surface area contributed by atoms with Crippen LogP contribution >= 0.6 is 0 Å². The minimum Gasteiger partial charge on any atom is -0.496 e. The Balaban J connectivity index is 1.91. The van der Waals surface area contributed by atoms with Crippen LogP contribution in [0, 0.1) is 0 Å². The fraction of sp³-hybridized carbons (Fsp3) is 0.350. The van der Waals surface area contributed by atoms with E-state index in [-0.39, 0.29) is 16.4 Å². The first kappa shape index (κ1) is 21.7. The maximum absolute atomic E-state index is 12.9. The molecule has 9 nitrogen and oxygen atoms in total. The van der Waals surface area contributed by atoms with Gasteiger partial charge in [0, 0.05) is 19.2 Å². The Labute approximate surface area is 175 Å². The van der Waals surface area contributed by atoms with Gasteiger partial charge < -0.3 is 23.8 Å². The summed E-state index contributed by atoms with van der Waals surface area (Å²) in [5.74, 6) is 0.855. The first-order valence-electron chi connectivity index (χ1n) is 9.19. The molecule has 10 heteroatoms. The Morgan fingerprint density at radius 3 is 2.20 bits per heavy atom. The molecule has 1 aliphatic rings. The zero-order chi connectivity index (χ0) is 21.7. The van der Waals surface area contributed by atoms with Gasteiger partial charge in [-0.15, -0.1) is 0 Å². The molecule has 0 bridgehead atoms. The zero-order valence-electron chi connectivity index (χ0n) is 17.0. The van der Waals surface area contributed by atoms with E-state index >= 15 is 0 Å². The van der Waals surface area contributed by atoms with Crippen molar-refractivity contribution < 1.29 is 32.2 Å². The van der Waals surface area contributed by atoms with Crippen molar-refractivity contribution in [2.45, 2.75) is 4.90 Å². The molecule has 1 N–H and O–H groups in total. The van der Waals surface area contributed by atoms with Gasteiger partial charge >= 0.3 is 0 Å². The number of carbonyl (C=O) groups excluding carboxylic acids is 1. The number of benzene rings is 2. The van der Waals surface area contributed by atoms with Gasteiger partial charge in [-0.2, -0.15) is 0 Å². The van der Waals surface area contributed by atoms with Crippen LogP contribution in [0.5, 0.6) is 17.2 Å². The summed E-state index contributed by atoms with van der Waals surface area (Å²) in [6.45, 7) is 1.74. The van der Waals surface area contributed by atoms with Crippen molar-refractivity contribution in [1.29, 1.82) is 0 Å². The third-order valence-electron chi connectivity index (χ3n) is 4.65. The SMILES string of the molecule is COc1ccc(NS(=O)(=O)c2ccc(OC)c(C(=O)N3CCOCC3)c2)cc1OC. The molecule has 0 aliphatic carbocycles. The topological polar surface area (TPSA) is 103 Å². The Hall–Kier alpha value is -2.98. The van der Waals surface area contributed by atoms with E-state index in [4.69, 9.17) is 18.9 Å². The van der Waals surface area contributed by atoms with Crippen LogP contribution in [-0.4, -0.2) is 66.9 Å². The van der Waals surface area contributed by atoms with Gasteiger partial charge in [0.1, 0.15) is 5.75 Å². The van der Waals surface area contributed by atoms with E-state index in [0.717, 1.165) is 0 Å². The molecule has 30 heavy (non-hydrogen) atoms. The fourth-order valence-corrected chi connectivity index (χ4v) is 4.15. The van der Waals surface area contributed by atoms with Crippen LogP contribution in [0.4, 0.5) is 5.69 Å². The normalized spacial score (nSPS) is 14.2. The summed E-state index contributed by atoms with van der Waals surface area (Å²) in [5.41, 5.74) is 0.471. The van der Waals surface area contributed by atoms with E-state index in [1.807, 2.05) is 0 Å². The van der Waals surface area contributed by atoms with Crippen LogP contribution in [-0.2, 0) is 14.8 Å². The molecular weight excluding hydrogens is 412 g/mol. The number of hydrogen-bond donors (Lipinski definition) is 1. The van der Waals surface area contributed by atoms with Crippen LogP contribution in [0.3, 0.4) is 0 Å². The number of ether oxygens (including phenoxy) is 4. The second kappa shape index (κ2) is 9.23. The molecule has 2 aromatic rings. The highest BCUT2D eigenvalue weighted by Crippen LogP contribution is 2.31. The Morgan fingerprint density at radius 1 is 0.933 bits per heavy atom. The van der Waals surface area contributed by atoms with Crippen molar-refractivity contribution in [3.05, 3.63) is 42.0 Å². The molecule has 0 aromatic heterocycles. The summed E-state index contributed by atoms with van der Waals surface area (Å²) < 4.78 is 49.3. The molecule has 1 heterocycles. The Kier molecular flexibility index (Phi) is 6.68. The maximum Gasteiger partial charge on any atom is 0.261 e. The van der Waals surface area contributed by atoms with Crippen molar-refractivity contribution in [3.8, 4) is 17.2 Å². The lowest BCUT2D eigenvalue weighted by molar-refractivity contribution is 0.0300. The van der Waals surface area contributed by atoms with E-state index in [9.17, 15) is 13.2 Å². The predicted octanol–water partition coefficient (Wildman–Crippen LogP) is 1.99. The van der Waals surface area contributed by atoms with Gasteiger partial charge in [0.2, 0.25) is 0 Å². The highest BCUT2D eigenvalue weighted by Gasteiger charge is 2.25. The number of rotatable bonds is 7. The summed E-state index contributed by atoms with van der Waals surface area (Å²) in [4.78, 5) is 14.5. The molecule has 3 rings (SSSR count). The van der Waals surface area contributed by atoms with Gasteiger partial charge in [0.15, 0.2) is 11.5 Å². The van der Waals surface area contributed by atoms with Crippen LogP contribution in [0.25, 0.3) is 0 Å². The summed E-state index contributed by atoms with van der Waals surface area (Å²) in [6.07, 6.45) is 0. The molecule has 0 radical (unpaired) electrons.